The number of aliphatic hydroxyl groups is 1. The molecular weight excluding hydrogens is 461 g/mol. The van der Waals surface area contributed by atoms with Crippen LogP contribution in [-0.2, 0) is 15.1 Å². The molecule has 0 aliphatic carbocycles. The van der Waals surface area contributed by atoms with Gasteiger partial charge in [0.05, 0.1) is 24.3 Å². The third kappa shape index (κ3) is 6.05. The van der Waals surface area contributed by atoms with Gasteiger partial charge in [-0.25, -0.2) is 9.18 Å². The summed E-state index contributed by atoms with van der Waals surface area (Å²) >= 11 is 0. The molecule has 8 heteroatoms. The largest absolute Gasteiger partial charge is 0.438 e. The SMILES string of the molecule is CC(C)C[C@@H](CO)NC(=O)C(CCN1CCC2(CC1)OC(=O)Nc1ccc(F)cc12)c1ccccc1. The van der Waals surface area contributed by atoms with Crippen molar-refractivity contribution in [2.75, 3.05) is 31.6 Å². The van der Waals surface area contributed by atoms with Gasteiger partial charge in [0.1, 0.15) is 11.4 Å². The number of piperidine rings is 1. The molecule has 2 aromatic carbocycles. The van der Waals surface area contributed by atoms with Crippen LogP contribution >= 0.6 is 0 Å². The van der Waals surface area contributed by atoms with Gasteiger partial charge in [0.2, 0.25) is 5.91 Å². The molecule has 2 aromatic rings. The van der Waals surface area contributed by atoms with Gasteiger partial charge in [-0.2, -0.15) is 0 Å². The van der Waals surface area contributed by atoms with E-state index in [0.717, 1.165) is 5.56 Å². The highest BCUT2D eigenvalue weighted by Crippen LogP contribution is 2.43. The van der Waals surface area contributed by atoms with Crippen molar-refractivity contribution in [1.82, 2.24) is 10.2 Å². The molecule has 0 aromatic heterocycles. The molecule has 3 N–H and O–H groups in total. The molecule has 2 heterocycles. The van der Waals surface area contributed by atoms with Crippen molar-refractivity contribution in [3.8, 4) is 0 Å². The van der Waals surface area contributed by atoms with Gasteiger partial charge in [0.25, 0.3) is 0 Å². The number of nitrogens with zero attached hydrogens (tertiary/aromatic N) is 1. The van der Waals surface area contributed by atoms with Crippen LogP contribution in [0.3, 0.4) is 0 Å². The van der Waals surface area contributed by atoms with E-state index < -0.39 is 11.7 Å². The maximum atomic E-state index is 14.0. The quantitative estimate of drug-likeness (QED) is 0.479. The number of ether oxygens (including phenoxy) is 1. The smallest absolute Gasteiger partial charge is 0.412 e. The van der Waals surface area contributed by atoms with Crippen LogP contribution in [0.15, 0.2) is 48.5 Å². The number of hydrogen-bond donors (Lipinski definition) is 3. The maximum absolute atomic E-state index is 14.0. The maximum Gasteiger partial charge on any atom is 0.412 e. The molecule has 2 aliphatic rings. The molecular formula is C28H36FN3O4. The van der Waals surface area contributed by atoms with Crippen molar-refractivity contribution in [3.05, 3.63) is 65.5 Å². The summed E-state index contributed by atoms with van der Waals surface area (Å²) in [5.74, 6) is -0.410. The molecule has 0 bridgehead atoms. The second kappa shape index (κ2) is 11.4. The third-order valence-corrected chi connectivity index (χ3v) is 7.24. The number of benzene rings is 2. The summed E-state index contributed by atoms with van der Waals surface area (Å²) in [6.07, 6.45) is 1.94. The van der Waals surface area contributed by atoms with Crippen molar-refractivity contribution >= 4 is 17.7 Å². The van der Waals surface area contributed by atoms with Crippen LogP contribution < -0.4 is 10.6 Å². The predicted molar refractivity (Wildman–Crippen MR) is 136 cm³/mol. The van der Waals surface area contributed by atoms with E-state index in [-0.39, 0.29) is 30.3 Å². The van der Waals surface area contributed by atoms with E-state index in [4.69, 9.17) is 4.74 Å². The molecule has 0 radical (unpaired) electrons. The van der Waals surface area contributed by atoms with E-state index in [1.165, 1.54) is 12.1 Å². The van der Waals surface area contributed by atoms with Crippen LogP contribution in [0.4, 0.5) is 14.9 Å². The first-order chi connectivity index (χ1) is 17.3. The van der Waals surface area contributed by atoms with E-state index in [1.54, 1.807) is 6.07 Å². The van der Waals surface area contributed by atoms with E-state index in [0.29, 0.717) is 62.5 Å². The fourth-order valence-electron chi connectivity index (χ4n) is 5.38. The average molecular weight is 498 g/mol. The summed E-state index contributed by atoms with van der Waals surface area (Å²) in [4.78, 5) is 27.7. The Hall–Kier alpha value is -2.97. The van der Waals surface area contributed by atoms with Crippen LogP contribution in [0.5, 0.6) is 0 Å². The number of likely N-dealkylation sites (tertiary alicyclic amines) is 1. The van der Waals surface area contributed by atoms with E-state index in [1.807, 2.05) is 30.3 Å². The molecule has 2 atom stereocenters. The number of aliphatic hydroxyl groups excluding tert-OH is 1. The van der Waals surface area contributed by atoms with E-state index >= 15 is 0 Å². The van der Waals surface area contributed by atoms with Crippen molar-refractivity contribution in [2.45, 2.75) is 57.1 Å². The molecule has 1 fully saturated rings. The topological polar surface area (TPSA) is 90.9 Å². The number of halogens is 1. The summed E-state index contributed by atoms with van der Waals surface area (Å²) in [5.41, 5.74) is 1.39. The van der Waals surface area contributed by atoms with Crippen molar-refractivity contribution in [1.29, 1.82) is 0 Å². The predicted octanol–water partition coefficient (Wildman–Crippen LogP) is 4.38. The number of amides is 2. The van der Waals surface area contributed by atoms with Gasteiger partial charge in [-0.1, -0.05) is 44.2 Å². The monoisotopic (exact) mass is 497 g/mol. The summed E-state index contributed by atoms with van der Waals surface area (Å²) in [5, 5.41) is 15.5. The van der Waals surface area contributed by atoms with Crippen LogP contribution in [0.2, 0.25) is 0 Å². The Bertz CT molecular complexity index is 1050. The number of fused-ring (bicyclic) bond motifs is 2. The zero-order chi connectivity index (χ0) is 25.7. The molecule has 2 amide bonds. The molecule has 36 heavy (non-hydrogen) atoms. The second-order valence-corrected chi connectivity index (χ2v) is 10.3. The van der Waals surface area contributed by atoms with Gasteiger partial charge >= 0.3 is 6.09 Å². The number of rotatable bonds is 9. The fourth-order valence-corrected chi connectivity index (χ4v) is 5.38. The number of carbonyl (C=O) groups is 2. The lowest BCUT2D eigenvalue weighted by molar-refractivity contribution is -0.124. The fraction of sp³-hybridized carbons (Fsp3) is 0.500. The average Bonchev–Trinajstić information content (AvgIpc) is 2.86. The Balaban J connectivity index is 1.42. The third-order valence-electron chi connectivity index (χ3n) is 7.24. The Morgan fingerprint density at radius 1 is 1.19 bits per heavy atom. The second-order valence-electron chi connectivity index (χ2n) is 10.3. The summed E-state index contributed by atoms with van der Waals surface area (Å²) in [6.45, 7) is 6.07. The molecule has 194 valence electrons. The van der Waals surface area contributed by atoms with E-state index in [9.17, 15) is 19.1 Å². The van der Waals surface area contributed by atoms with Gasteiger partial charge in [-0.05, 0) is 49.1 Å². The number of nitrogens with one attached hydrogen (secondary N) is 2. The number of carbonyl (C=O) groups excluding carboxylic acids is 2. The summed E-state index contributed by atoms with van der Waals surface area (Å²) < 4.78 is 19.7. The standard InChI is InChI=1S/C28H36FN3O4/c1-19(2)16-22(18-33)30-26(34)23(20-6-4-3-5-7-20)10-13-32-14-11-28(12-15-32)24-17-21(29)8-9-25(24)31-27(35)36-28/h3-9,17,19,22-23,33H,10-16,18H2,1-2H3,(H,30,34)(H,31,35)/t22-,23?/m0/s1. The zero-order valence-corrected chi connectivity index (χ0v) is 21.0. The molecule has 1 spiro atoms. The van der Waals surface area contributed by atoms with Gasteiger partial charge < -0.3 is 20.1 Å². The number of hydrogen-bond acceptors (Lipinski definition) is 5. The first-order valence-corrected chi connectivity index (χ1v) is 12.8. The lowest BCUT2D eigenvalue weighted by atomic mass is 9.82. The Morgan fingerprint density at radius 2 is 1.92 bits per heavy atom. The molecule has 0 saturated carbocycles. The lowest BCUT2D eigenvalue weighted by Crippen LogP contribution is -2.49. The first kappa shape index (κ1) is 26.1. The molecule has 4 rings (SSSR count). The van der Waals surface area contributed by atoms with Gasteiger partial charge in [0.15, 0.2) is 0 Å². The molecule has 7 nitrogen and oxygen atoms in total. The van der Waals surface area contributed by atoms with Crippen LogP contribution in [0.1, 0.15) is 56.6 Å². The zero-order valence-electron chi connectivity index (χ0n) is 21.0. The summed E-state index contributed by atoms with van der Waals surface area (Å²) in [7, 11) is 0. The highest BCUT2D eigenvalue weighted by Gasteiger charge is 2.44. The van der Waals surface area contributed by atoms with Crippen LogP contribution in [-0.4, -0.2) is 54.3 Å². The minimum absolute atomic E-state index is 0.0777. The minimum Gasteiger partial charge on any atom is -0.438 e. The normalized spacial score (nSPS) is 18.8. The van der Waals surface area contributed by atoms with Crippen LogP contribution in [0.25, 0.3) is 0 Å². The van der Waals surface area contributed by atoms with Gasteiger partial charge in [-0.3, -0.25) is 10.1 Å². The van der Waals surface area contributed by atoms with Gasteiger partial charge in [0, 0.05) is 31.5 Å². The highest BCUT2D eigenvalue weighted by atomic mass is 19.1. The molecule has 2 aliphatic heterocycles. The summed E-state index contributed by atoms with van der Waals surface area (Å²) in [6, 6.07) is 13.8. The Labute approximate surface area is 212 Å². The molecule has 1 saturated heterocycles. The minimum atomic E-state index is -0.836. The highest BCUT2D eigenvalue weighted by molar-refractivity contribution is 5.89. The van der Waals surface area contributed by atoms with E-state index in [2.05, 4.69) is 29.4 Å². The van der Waals surface area contributed by atoms with Crippen molar-refractivity contribution in [3.63, 3.8) is 0 Å². The Kier molecular flexibility index (Phi) is 8.26. The lowest BCUT2D eigenvalue weighted by Gasteiger charge is -2.44. The van der Waals surface area contributed by atoms with Crippen molar-refractivity contribution in [2.24, 2.45) is 5.92 Å². The molecule has 1 unspecified atom stereocenters. The number of anilines is 1. The van der Waals surface area contributed by atoms with Crippen molar-refractivity contribution < 1.29 is 23.8 Å². The Morgan fingerprint density at radius 3 is 2.58 bits per heavy atom. The van der Waals surface area contributed by atoms with Gasteiger partial charge in [-0.15, -0.1) is 0 Å². The first-order valence-electron chi connectivity index (χ1n) is 12.8. The van der Waals surface area contributed by atoms with Crippen LogP contribution in [0, 0.1) is 11.7 Å².